The van der Waals surface area contributed by atoms with Gasteiger partial charge >= 0.3 is 0 Å². The van der Waals surface area contributed by atoms with Gasteiger partial charge in [-0.15, -0.1) is 0 Å². The van der Waals surface area contributed by atoms with E-state index in [1.807, 2.05) is 24.5 Å². The first kappa shape index (κ1) is 37.9. The van der Waals surface area contributed by atoms with Gasteiger partial charge in [-0.2, -0.15) is 0 Å². The van der Waals surface area contributed by atoms with Crippen LogP contribution in [0.1, 0.15) is 0 Å². The number of fused-ring (bicyclic) bond motifs is 8. The molecule has 5 aromatic heterocycles. The molecule has 9 heteroatoms. The maximum atomic E-state index is 5.40. The molecule has 0 spiro atoms. The molecule has 0 atom stereocenters. The largest absolute Gasteiger partial charge is 0.256 e. The minimum absolute atomic E-state index is 0.535. The smallest absolute Gasteiger partial charge is 0.164 e. The van der Waals surface area contributed by atoms with Gasteiger partial charge in [0, 0.05) is 64.6 Å². The van der Waals surface area contributed by atoms with E-state index in [1.54, 1.807) is 24.8 Å². The zero-order chi connectivity index (χ0) is 44.7. The first-order chi connectivity index (χ1) is 33.6. The average molecular weight is 868 g/mol. The summed E-state index contributed by atoms with van der Waals surface area (Å²) in [4.78, 5) is 44.1. The topological polar surface area (TPSA) is 116 Å². The SMILES string of the molecule is c1ccc2c(-c3cc(-c4nc(-c5ccc6cc7nccnc7cc6c5)nc(-c5ccc6cc7nccnc7cc6c5)n4)cc(-c4c5ccccc5cc5ncccc45)c3)c3cccnc3cc2c1. The number of hydrogen-bond acceptors (Lipinski definition) is 9. The van der Waals surface area contributed by atoms with Gasteiger partial charge in [0.2, 0.25) is 0 Å². The summed E-state index contributed by atoms with van der Waals surface area (Å²) >= 11 is 0. The molecule has 0 aliphatic carbocycles. The number of hydrogen-bond donors (Lipinski definition) is 0. The summed E-state index contributed by atoms with van der Waals surface area (Å²) in [5.74, 6) is 1.62. The summed E-state index contributed by atoms with van der Waals surface area (Å²) in [5, 5.41) is 10.7. The van der Waals surface area contributed by atoms with Crippen LogP contribution in [-0.4, -0.2) is 44.9 Å². The van der Waals surface area contributed by atoms with Gasteiger partial charge in [0.15, 0.2) is 17.5 Å². The Hall–Kier alpha value is -9.47. The molecule has 0 aliphatic rings. The van der Waals surface area contributed by atoms with Crippen molar-refractivity contribution in [1.29, 1.82) is 0 Å². The molecule has 14 aromatic rings. The molecule has 0 saturated heterocycles. The lowest BCUT2D eigenvalue weighted by Gasteiger charge is -2.17. The molecule has 9 aromatic carbocycles. The first-order valence-electron chi connectivity index (χ1n) is 22.4. The molecule has 0 bridgehead atoms. The third kappa shape index (κ3) is 6.29. The highest BCUT2D eigenvalue weighted by molar-refractivity contribution is 6.15. The molecule has 0 unspecified atom stereocenters. The fourth-order valence-electron chi connectivity index (χ4n) is 9.90. The molecule has 0 radical (unpaired) electrons. The monoisotopic (exact) mass is 867 g/mol. The zero-order valence-corrected chi connectivity index (χ0v) is 36.1. The summed E-state index contributed by atoms with van der Waals surface area (Å²) in [5.41, 5.74) is 11.9. The Morgan fingerprint density at radius 1 is 0.221 bits per heavy atom. The number of nitrogens with zero attached hydrogens (tertiary/aromatic N) is 9. The summed E-state index contributed by atoms with van der Waals surface area (Å²) in [7, 11) is 0. The van der Waals surface area contributed by atoms with Crippen LogP contribution >= 0.6 is 0 Å². The van der Waals surface area contributed by atoms with Crippen LogP contribution < -0.4 is 0 Å². The Kier molecular flexibility index (Phi) is 8.38. The molecule has 14 rings (SSSR count). The van der Waals surface area contributed by atoms with Gasteiger partial charge in [-0.25, -0.2) is 15.0 Å². The molecule has 68 heavy (non-hydrogen) atoms. The van der Waals surface area contributed by atoms with Crippen LogP contribution in [0.15, 0.2) is 201 Å². The molecular formula is C59H33N9. The maximum Gasteiger partial charge on any atom is 0.164 e. The second kappa shape index (κ2) is 15.0. The summed E-state index contributed by atoms with van der Waals surface area (Å²) < 4.78 is 0. The second-order valence-electron chi connectivity index (χ2n) is 17.1. The van der Waals surface area contributed by atoms with E-state index in [1.165, 1.54) is 0 Å². The van der Waals surface area contributed by atoms with E-state index in [9.17, 15) is 0 Å². The predicted molar refractivity (Wildman–Crippen MR) is 274 cm³/mol. The van der Waals surface area contributed by atoms with E-state index in [-0.39, 0.29) is 0 Å². The van der Waals surface area contributed by atoms with E-state index in [0.29, 0.717) is 17.5 Å². The molecule has 0 aliphatic heterocycles. The third-order valence-corrected chi connectivity index (χ3v) is 13.0. The van der Waals surface area contributed by atoms with Gasteiger partial charge in [0.25, 0.3) is 0 Å². The van der Waals surface area contributed by atoms with Crippen molar-refractivity contribution in [2.45, 2.75) is 0 Å². The van der Waals surface area contributed by atoms with Crippen molar-refractivity contribution in [3.63, 3.8) is 0 Å². The lowest BCUT2D eigenvalue weighted by molar-refractivity contribution is 1.08. The Bertz CT molecular complexity index is 4030. The van der Waals surface area contributed by atoms with Crippen LogP contribution in [0.3, 0.4) is 0 Å². The van der Waals surface area contributed by atoms with E-state index in [2.05, 4.69) is 172 Å². The summed E-state index contributed by atoms with van der Waals surface area (Å²) in [6, 6.07) is 57.4. The van der Waals surface area contributed by atoms with Crippen molar-refractivity contribution in [3.05, 3.63) is 201 Å². The second-order valence-corrected chi connectivity index (χ2v) is 17.1. The first-order valence-corrected chi connectivity index (χ1v) is 22.4. The van der Waals surface area contributed by atoms with E-state index in [0.717, 1.165) is 126 Å². The highest BCUT2D eigenvalue weighted by Gasteiger charge is 2.20. The molecule has 0 fully saturated rings. The van der Waals surface area contributed by atoms with Crippen LogP contribution in [-0.2, 0) is 0 Å². The van der Waals surface area contributed by atoms with Crippen molar-refractivity contribution in [1.82, 2.24) is 44.9 Å². The Morgan fingerprint density at radius 3 is 1.06 bits per heavy atom. The van der Waals surface area contributed by atoms with Crippen molar-refractivity contribution < 1.29 is 0 Å². The Balaban J connectivity index is 1.07. The molecule has 5 heterocycles. The van der Waals surface area contributed by atoms with Gasteiger partial charge in [-0.05, 0) is 144 Å². The van der Waals surface area contributed by atoms with Crippen LogP contribution in [0.2, 0.25) is 0 Å². The molecule has 314 valence electrons. The highest BCUT2D eigenvalue weighted by Crippen LogP contribution is 2.43. The van der Waals surface area contributed by atoms with Crippen molar-refractivity contribution in [2.75, 3.05) is 0 Å². The Labute approximate surface area is 387 Å². The fourth-order valence-corrected chi connectivity index (χ4v) is 9.90. The van der Waals surface area contributed by atoms with Gasteiger partial charge in [0.1, 0.15) is 0 Å². The Morgan fingerprint density at radius 2 is 0.588 bits per heavy atom. The molecule has 0 amide bonds. The zero-order valence-electron chi connectivity index (χ0n) is 36.1. The number of rotatable bonds is 5. The lowest BCUT2D eigenvalue weighted by atomic mass is 9.88. The molecule has 0 N–H and O–H groups in total. The number of benzene rings is 9. The third-order valence-electron chi connectivity index (χ3n) is 13.0. The minimum atomic E-state index is 0.535. The molecular weight excluding hydrogens is 835 g/mol. The van der Waals surface area contributed by atoms with Gasteiger partial charge in [-0.1, -0.05) is 84.9 Å². The van der Waals surface area contributed by atoms with E-state index < -0.39 is 0 Å². The van der Waals surface area contributed by atoms with Crippen molar-refractivity contribution in [3.8, 4) is 56.4 Å². The van der Waals surface area contributed by atoms with Crippen molar-refractivity contribution in [2.24, 2.45) is 0 Å². The standard InChI is InChI=1S/C59H33N9/c1-3-9-45-36(7-1)30-49-47(11-5-17-60-49)55(45)42-25-43(56-46-10-4-2-8-37(46)31-50-48(56)12-6-18-61-50)27-44(26-42)59-67-57(38-15-13-34-28-51-53(32-40(34)23-38)64-21-19-62-51)66-58(68-59)39-16-14-35-29-52-54(33-41(35)24-39)65-22-20-63-52/h1-33H. The van der Waals surface area contributed by atoms with Gasteiger partial charge in [-0.3, -0.25) is 29.9 Å². The van der Waals surface area contributed by atoms with Crippen LogP contribution in [0.5, 0.6) is 0 Å². The average Bonchev–Trinajstić information content (AvgIpc) is 3.39. The quantitative estimate of drug-likeness (QED) is 0.156. The molecule has 0 saturated carbocycles. The van der Waals surface area contributed by atoms with Crippen LogP contribution in [0.25, 0.3) is 143 Å². The number of pyridine rings is 2. The minimum Gasteiger partial charge on any atom is -0.256 e. The maximum absolute atomic E-state index is 5.40. The van der Waals surface area contributed by atoms with Crippen molar-refractivity contribution >= 4 is 87.0 Å². The normalized spacial score (nSPS) is 11.8. The molecule has 9 nitrogen and oxygen atoms in total. The number of aromatic nitrogens is 9. The summed E-state index contributed by atoms with van der Waals surface area (Å²) in [6.07, 6.45) is 10.6. The van der Waals surface area contributed by atoms with Gasteiger partial charge in [0.05, 0.1) is 33.1 Å². The van der Waals surface area contributed by atoms with Gasteiger partial charge < -0.3 is 0 Å². The predicted octanol–water partition coefficient (Wildman–Crippen LogP) is 13.8. The van der Waals surface area contributed by atoms with Crippen LogP contribution in [0.4, 0.5) is 0 Å². The highest BCUT2D eigenvalue weighted by atomic mass is 15.0. The fraction of sp³-hybridized carbons (Fsp3) is 0. The van der Waals surface area contributed by atoms with E-state index >= 15 is 0 Å². The van der Waals surface area contributed by atoms with E-state index in [4.69, 9.17) is 24.9 Å². The lowest BCUT2D eigenvalue weighted by Crippen LogP contribution is -2.01. The van der Waals surface area contributed by atoms with Crippen LogP contribution in [0, 0.1) is 0 Å². The summed E-state index contributed by atoms with van der Waals surface area (Å²) in [6.45, 7) is 0.